The molecule has 39 heavy (non-hydrogen) atoms. The van der Waals surface area contributed by atoms with Gasteiger partial charge in [0, 0.05) is 25.9 Å². The summed E-state index contributed by atoms with van der Waals surface area (Å²) in [5.41, 5.74) is 2.84. The second-order valence-electron chi connectivity index (χ2n) is 11.7. The lowest BCUT2D eigenvalue weighted by Crippen LogP contribution is -2.23. The Balaban J connectivity index is 3.25. The van der Waals surface area contributed by atoms with Gasteiger partial charge in [0.1, 0.15) is 0 Å². The van der Waals surface area contributed by atoms with Crippen LogP contribution in [-0.4, -0.2) is 25.0 Å². The van der Waals surface area contributed by atoms with Crippen molar-refractivity contribution in [3.8, 4) is 0 Å². The number of carbonyl (C=O) groups excluding carboxylic acids is 2. The van der Waals surface area contributed by atoms with Crippen LogP contribution in [0.3, 0.4) is 0 Å². The molecule has 0 aliphatic heterocycles. The Morgan fingerprint density at radius 2 is 0.795 bits per heavy atom. The molecule has 5 nitrogen and oxygen atoms in total. The molecule has 0 rings (SSSR count). The highest BCUT2D eigenvalue weighted by Crippen LogP contribution is 2.12. The summed E-state index contributed by atoms with van der Waals surface area (Å²) in [5.74, 6) is 0.0696. The van der Waals surface area contributed by atoms with Gasteiger partial charge < -0.3 is 10.2 Å². The van der Waals surface area contributed by atoms with Crippen molar-refractivity contribution >= 4 is 11.9 Å². The highest BCUT2D eigenvalue weighted by atomic mass is 16.7. The van der Waals surface area contributed by atoms with E-state index in [9.17, 15) is 9.59 Å². The van der Waals surface area contributed by atoms with Crippen LogP contribution in [0.2, 0.25) is 0 Å². The van der Waals surface area contributed by atoms with Gasteiger partial charge in [-0.1, -0.05) is 155 Å². The molecule has 0 radical (unpaired) electrons. The van der Waals surface area contributed by atoms with Crippen LogP contribution >= 0.6 is 0 Å². The number of hydroxylamine groups is 1. The molecule has 0 aliphatic rings. The van der Waals surface area contributed by atoms with Crippen LogP contribution in [0.25, 0.3) is 0 Å². The van der Waals surface area contributed by atoms with Crippen molar-refractivity contribution in [2.75, 3.05) is 13.1 Å². The van der Waals surface area contributed by atoms with Gasteiger partial charge in [-0.3, -0.25) is 9.59 Å². The smallest absolute Gasteiger partial charge is 0.324 e. The number of nitrogens with one attached hydrogen (secondary N) is 2. The van der Waals surface area contributed by atoms with Crippen LogP contribution in [-0.2, 0) is 14.4 Å². The number of carbonyl (C=O) groups is 2. The van der Waals surface area contributed by atoms with Gasteiger partial charge in [0.15, 0.2) is 0 Å². The first-order valence-electron chi connectivity index (χ1n) is 17.4. The average molecular weight is 553 g/mol. The van der Waals surface area contributed by atoms with Gasteiger partial charge in [0.05, 0.1) is 0 Å². The van der Waals surface area contributed by atoms with Crippen LogP contribution in [0, 0.1) is 0 Å². The highest BCUT2D eigenvalue weighted by Gasteiger charge is 2.04. The van der Waals surface area contributed by atoms with Crippen molar-refractivity contribution in [2.45, 2.75) is 194 Å². The molecule has 0 aromatic rings. The van der Waals surface area contributed by atoms with E-state index in [4.69, 9.17) is 4.84 Å². The largest absolute Gasteiger partial charge is 0.371 e. The maximum Gasteiger partial charge on any atom is 0.324 e. The van der Waals surface area contributed by atoms with Crippen molar-refractivity contribution in [1.29, 1.82) is 0 Å². The normalized spacial score (nSPS) is 11.1. The lowest BCUT2D eigenvalue weighted by Gasteiger charge is -2.07. The van der Waals surface area contributed by atoms with Crippen LogP contribution in [0.4, 0.5) is 0 Å². The van der Waals surface area contributed by atoms with E-state index < -0.39 is 0 Å². The van der Waals surface area contributed by atoms with E-state index in [-0.39, 0.29) is 11.9 Å². The monoisotopic (exact) mass is 553 g/mol. The maximum absolute atomic E-state index is 12.0. The first-order chi connectivity index (χ1) is 19.2. The van der Waals surface area contributed by atoms with Gasteiger partial charge in [0.2, 0.25) is 5.91 Å². The molecular formula is C34H68N2O3. The third kappa shape index (κ3) is 33.0. The van der Waals surface area contributed by atoms with E-state index in [0.717, 1.165) is 64.5 Å². The quantitative estimate of drug-likeness (QED) is 0.0643. The van der Waals surface area contributed by atoms with Gasteiger partial charge in [-0.2, -0.15) is 5.48 Å². The summed E-state index contributed by atoms with van der Waals surface area (Å²) in [6, 6.07) is 0. The zero-order chi connectivity index (χ0) is 28.5. The van der Waals surface area contributed by atoms with Crippen LogP contribution in [0.15, 0.2) is 0 Å². The number of amides is 1. The summed E-state index contributed by atoms with van der Waals surface area (Å²) in [6.07, 6.45) is 33.8. The zero-order valence-corrected chi connectivity index (χ0v) is 26.4. The number of hydrogen-bond donors (Lipinski definition) is 2. The fraction of sp³-hybridized carbons (Fsp3) is 0.941. The molecule has 0 atom stereocenters. The molecular weight excluding hydrogens is 484 g/mol. The third-order valence-electron chi connectivity index (χ3n) is 7.71. The Kier molecular flexibility index (Phi) is 32.2. The molecule has 1 amide bonds. The van der Waals surface area contributed by atoms with Gasteiger partial charge in [-0.25, -0.2) is 0 Å². The molecule has 0 aliphatic carbocycles. The Hall–Kier alpha value is -1.10. The van der Waals surface area contributed by atoms with E-state index in [1.807, 2.05) is 0 Å². The van der Waals surface area contributed by atoms with Crippen molar-refractivity contribution in [3.05, 3.63) is 0 Å². The van der Waals surface area contributed by atoms with Crippen molar-refractivity contribution in [3.63, 3.8) is 0 Å². The van der Waals surface area contributed by atoms with Crippen molar-refractivity contribution in [1.82, 2.24) is 10.8 Å². The maximum atomic E-state index is 12.0. The van der Waals surface area contributed by atoms with Gasteiger partial charge >= 0.3 is 5.97 Å². The SMILES string of the molecule is CCCCCCCCCCCCNOC(=O)CCCCCCCCC(=O)NCCCCCCCCCCCC. The van der Waals surface area contributed by atoms with Crippen molar-refractivity contribution in [2.24, 2.45) is 0 Å². The predicted molar refractivity (Wildman–Crippen MR) is 168 cm³/mol. The molecule has 232 valence electrons. The molecule has 0 saturated heterocycles. The lowest BCUT2D eigenvalue weighted by molar-refractivity contribution is -0.151. The minimum atomic E-state index is -0.138. The minimum absolute atomic E-state index is 0.138. The topological polar surface area (TPSA) is 67.4 Å². The van der Waals surface area contributed by atoms with Crippen LogP contribution in [0.5, 0.6) is 0 Å². The highest BCUT2D eigenvalue weighted by molar-refractivity contribution is 5.75. The Bertz CT molecular complexity index is 513. The molecule has 2 N–H and O–H groups in total. The fourth-order valence-electron chi connectivity index (χ4n) is 5.06. The first kappa shape index (κ1) is 37.9. The number of unbranched alkanes of at least 4 members (excludes halogenated alkanes) is 23. The van der Waals surface area contributed by atoms with E-state index in [0.29, 0.717) is 12.8 Å². The average Bonchev–Trinajstić information content (AvgIpc) is 2.93. The van der Waals surface area contributed by atoms with E-state index in [2.05, 4.69) is 24.6 Å². The standard InChI is InChI=1S/C34H68N2O3/c1-3-5-7-9-11-13-15-19-23-27-31-35-33(37)29-25-21-17-18-22-26-30-34(38)39-36-32-28-24-20-16-14-12-10-8-6-4-2/h36H,3-32H2,1-2H3,(H,35,37). The summed E-state index contributed by atoms with van der Waals surface area (Å²) in [7, 11) is 0. The number of rotatable bonds is 32. The van der Waals surface area contributed by atoms with E-state index in [1.54, 1.807) is 0 Å². The second-order valence-corrected chi connectivity index (χ2v) is 11.7. The molecule has 0 aromatic heterocycles. The third-order valence-corrected chi connectivity index (χ3v) is 7.71. The van der Waals surface area contributed by atoms with Crippen LogP contribution in [0.1, 0.15) is 194 Å². The molecule has 0 spiro atoms. The zero-order valence-electron chi connectivity index (χ0n) is 26.4. The molecule has 0 aromatic carbocycles. The van der Waals surface area contributed by atoms with E-state index >= 15 is 0 Å². The summed E-state index contributed by atoms with van der Waals surface area (Å²) >= 11 is 0. The molecule has 0 saturated carbocycles. The summed E-state index contributed by atoms with van der Waals surface area (Å²) < 4.78 is 0. The minimum Gasteiger partial charge on any atom is -0.371 e. The lowest BCUT2D eigenvalue weighted by atomic mass is 10.1. The van der Waals surface area contributed by atoms with Crippen LogP contribution < -0.4 is 10.8 Å². The Labute approximate surface area is 243 Å². The van der Waals surface area contributed by atoms with Gasteiger partial charge in [-0.05, 0) is 25.7 Å². The second kappa shape index (κ2) is 33.1. The summed E-state index contributed by atoms with van der Waals surface area (Å²) in [5, 5.41) is 3.08. The van der Waals surface area contributed by atoms with Crippen molar-refractivity contribution < 1.29 is 14.4 Å². The molecule has 0 unspecified atom stereocenters. The van der Waals surface area contributed by atoms with Gasteiger partial charge in [-0.15, -0.1) is 0 Å². The summed E-state index contributed by atoms with van der Waals surface area (Å²) in [6.45, 7) is 6.12. The fourth-order valence-corrected chi connectivity index (χ4v) is 5.06. The van der Waals surface area contributed by atoms with E-state index in [1.165, 1.54) is 116 Å². The first-order valence-corrected chi connectivity index (χ1v) is 17.4. The molecule has 0 bridgehead atoms. The molecule has 0 heterocycles. The predicted octanol–water partition coefficient (Wildman–Crippen LogP) is 10.1. The Morgan fingerprint density at radius 3 is 1.26 bits per heavy atom. The summed E-state index contributed by atoms with van der Waals surface area (Å²) in [4.78, 5) is 28.9. The number of hydrogen-bond acceptors (Lipinski definition) is 4. The van der Waals surface area contributed by atoms with Gasteiger partial charge in [0.25, 0.3) is 0 Å². The molecule has 0 fully saturated rings. The Morgan fingerprint density at radius 1 is 0.436 bits per heavy atom. The molecule has 5 heteroatoms.